The Bertz CT molecular complexity index is 975. The van der Waals surface area contributed by atoms with Crippen molar-refractivity contribution < 1.29 is 22.6 Å². The fraction of sp³-hybridized carbons (Fsp3) is 0.667. The Kier molecular flexibility index (Phi) is 8.88. The molecule has 0 spiro atoms. The fourth-order valence-corrected chi connectivity index (χ4v) is 6.49. The molecule has 1 unspecified atom stereocenters. The zero-order chi connectivity index (χ0) is 24.9. The molecule has 2 nitrogen and oxygen atoms in total. The van der Waals surface area contributed by atoms with Gasteiger partial charge in [0.1, 0.15) is 0 Å². The second kappa shape index (κ2) is 11.9. The van der Waals surface area contributed by atoms with Gasteiger partial charge in [0.2, 0.25) is 5.82 Å². The minimum Gasteiger partial charge on any atom is -0.491 e. The molecule has 0 saturated heterocycles. The van der Waals surface area contributed by atoms with Gasteiger partial charge in [-0.2, -0.15) is 4.39 Å². The van der Waals surface area contributed by atoms with Gasteiger partial charge in [-0.3, -0.25) is 0 Å². The van der Waals surface area contributed by atoms with Crippen LogP contribution in [0.2, 0.25) is 0 Å². The van der Waals surface area contributed by atoms with Crippen molar-refractivity contribution in [1.29, 1.82) is 0 Å². The van der Waals surface area contributed by atoms with Gasteiger partial charge in [0.25, 0.3) is 0 Å². The SMILES string of the molecule is CCCOc1ccc2cc(OC(C)C3CCC(C4CCC(CCC)CC4)CC3)c(F)c(F)c2c1F. The molecule has 2 aliphatic carbocycles. The topological polar surface area (TPSA) is 18.5 Å². The molecule has 2 aromatic carbocycles. The lowest BCUT2D eigenvalue weighted by Gasteiger charge is -2.39. The predicted octanol–water partition coefficient (Wildman–Crippen LogP) is 9.23. The Morgan fingerprint density at radius 1 is 0.800 bits per heavy atom. The summed E-state index contributed by atoms with van der Waals surface area (Å²) in [4.78, 5) is 0. The quantitative estimate of drug-likeness (QED) is 0.349. The predicted molar refractivity (Wildman–Crippen MR) is 136 cm³/mol. The van der Waals surface area contributed by atoms with Crippen molar-refractivity contribution in [3.63, 3.8) is 0 Å². The van der Waals surface area contributed by atoms with Crippen LogP contribution in [0, 0.1) is 41.1 Å². The minimum absolute atomic E-state index is 0.0599. The van der Waals surface area contributed by atoms with E-state index in [0.29, 0.717) is 18.9 Å². The van der Waals surface area contributed by atoms with Crippen molar-refractivity contribution in [2.45, 2.75) is 97.5 Å². The largest absolute Gasteiger partial charge is 0.491 e. The van der Waals surface area contributed by atoms with E-state index in [1.807, 2.05) is 13.8 Å². The summed E-state index contributed by atoms with van der Waals surface area (Å²) in [5.74, 6) is -0.509. The Morgan fingerprint density at radius 2 is 1.46 bits per heavy atom. The summed E-state index contributed by atoms with van der Waals surface area (Å²) in [6.45, 7) is 6.44. The van der Waals surface area contributed by atoms with Gasteiger partial charge in [-0.1, -0.05) is 45.6 Å². The first kappa shape index (κ1) is 26.2. The number of hydrogen-bond donors (Lipinski definition) is 0. The second-order valence-corrected chi connectivity index (χ2v) is 10.9. The van der Waals surface area contributed by atoms with E-state index in [4.69, 9.17) is 9.47 Å². The molecule has 5 heteroatoms. The molecular weight excluding hydrogens is 449 g/mol. The number of ether oxygens (including phenoxy) is 2. The molecule has 35 heavy (non-hydrogen) atoms. The van der Waals surface area contributed by atoms with Crippen LogP contribution in [-0.2, 0) is 0 Å². The van der Waals surface area contributed by atoms with Gasteiger partial charge < -0.3 is 9.47 Å². The van der Waals surface area contributed by atoms with E-state index in [2.05, 4.69) is 6.92 Å². The number of fused-ring (bicyclic) bond motifs is 1. The van der Waals surface area contributed by atoms with E-state index in [9.17, 15) is 13.2 Å². The summed E-state index contributed by atoms with van der Waals surface area (Å²) in [7, 11) is 0. The normalized spacial score (nSPS) is 26.0. The van der Waals surface area contributed by atoms with E-state index >= 15 is 0 Å². The number of benzene rings is 2. The Balaban J connectivity index is 1.37. The summed E-state index contributed by atoms with van der Waals surface area (Å²) >= 11 is 0. The van der Waals surface area contributed by atoms with Crippen LogP contribution in [-0.4, -0.2) is 12.7 Å². The lowest BCUT2D eigenvalue weighted by molar-refractivity contribution is 0.0796. The van der Waals surface area contributed by atoms with Crippen molar-refractivity contribution in [2.24, 2.45) is 23.7 Å². The molecular formula is C30H41F3O2. The first-order valence-corrected chi connectivity index (χ1v) is 13.8. The maximum atomic E-state index is 14.9. The van der Waals surface area contributed by atoms with Crippen molar-refractivity contribution in [3.8, 4) is 11.5 Å². The average Bonchev–Trinajstić information content (AvgIpc) is 2.87. The Morgan fingerprint density at radius 3 is 2.09 bits per heavy atom. The molecule has 1 atom stereocenters. The van der Waals surface area contributed by atoms with Gasteiger partial charge in [-0.15, -0.1) is 0 Å². The molecule has 0 N–H and O–H groups in total. The standard InChI is InChI=1S/C30H41F3O2/c1-4-6-20-7-9-22(10-8-20)23-13-11-21(12-14-23)19(3)35-26-18-24-15-16-25(34-17-5-2)28(31)27(24)30(33)29(26)32/h15-16,18-23H,4-14,17H2,1-3H3. The molecule has 194 valence electrons. The van der Waals surface area contributed by atoms with Crippen LogP contribution >= 0.6 is 0 Å². The van der Waals surface area contributed by atoms with Gasteiger partial charge >= 0.3 is 0 Å². The van der Waals surface area contributed by atoms with Crippen LogP contribution in [0.5, 0.6) is 11.5 Å². The first-order valence-electron chi connectivity index (χ1n) is 13.8. The van der Waals surface area contributed by atoms with E-state index < -0.39 is 17.5 Å². The second-order valence-electron chi connectivity index (χ2n) is 10.9. The highest BCUT2D eigenvalue weighted by Gasteiger charge is 2.33. The Hall–Kier alpha value is -1.91. The first-order chi connectivity index (χ1) is 16.9. The summed E-state index contributed by atoms with van der Waals surface area (Å²) in [6, 6.07) is 4.44. The van der Waals surface area contributed by atoms with Gasteiger partial charge in [0.15, 0.2) is 23.1 Å². The zero-order valence-electron chi connectivity index (χ0n) is 21.6. The fourth-order valence-electron chi connectivity index (χ4n) is 6.49. The minimum atomic E-state index is -1.22. The molecule has 2 saturated carbocycles. The van der Waals surface area contributed by atoms with Crippen molar-refractivity contribution in [2.75, 3.05) is 6.61 Å². The Labute approximate surface area is 208 Å². The van der Waals surface area contributed by atoms with Crippen molar-refractivity contribution in [1.82, 2.24) is 0 Å². The third kappa shape index (κ3) is 5.91. The van der Waals surface area contributed by atoms with Gasteiger partial charge in [-0.25, -0.2) is 8.78 Å². The van der Waals surface area contributed by atoms with Crippen molar-refractivity contribution >= 4 is 10.8 Å². The third-order valence-corrected chi connectivity index (χ3v) is 8.56. The summed E-state index contributed by atoms with van der Waals surface area (Å²) < 4.78 is 55.9. The third-order valence-electron chi connectivity index (χ3n) is 8.56. The van der Waals surface area contributed by atoms with Crippen LogP contribution < -0.4 is 9.47 Å². The highest BCUT2D eigenvalue weighted by Crippen LogP contribution is 2.43. The molecule has 2 aliphatic rings. The van der Waals surface area contributed by atoms with Crippen LogP contribution in [0.1, 0.15) is 91.4 Å². The molecule has 4 rings (SSSR count). The smallest absolute Gasteiger partial charge is 0.201 e. The van der Waals surface area contributed by atoms with E-state index in [0.717, 1.165) is 30.6 Å². The summed E-state index contributed by atoms with van der Waals surface area (Å²) in [5.41, 5.74) is 0. The van der Waals surface area contributed by atoms with Crippen LogP contribution in [0.15, 0.2) is 18.2 Å². The zero-order valence-corrected chi connectivity index (χ0v) is 21.6. The molecule has 2 aromatic rings. The monoisotopic (exact) mass is 490 g/mol. The number of rotatable bonds is 9. The van der Waals surface area contributed by atoms with E-state index in [1.54, 1.807) is 6.07 Å². The molecule has 0 bridgehead atoms. The van der Waals surface area contributed by atoms with Gasteiger partial charge in [-0.05, 0) is 93.1 Å². The molecule has 0 amide bonds. The molecule has 2 fully saturated rings. The lowest BCUT2D eigenvalue weighted by Crippen LogP contribution is -2.31. The molecule has 0 aliphatic heterocycles. The lowest BCUT2D eigenvalue weighted by atomic mass is 9.68. The molecule has 0 heterocycles. The van der Waals surface area contributed by atoms with Gasteiger partial charge in [0, 0.05) is 0 Å². The van der Waals surface area contributed by atoms with Crippen LogP contribution in [0.4, 0.5) is 13.2 Å². The van der Waals surface area contributed by atoms with E-state index in [-0.39, 0.29) is 28.4 Å². The highest BCUT2D eigenvalue weighted by molar-refractivity contribution is 5.86. The van der Waals surface area contributed by atoms with Gasteiger partial charge in [0.05, 0.1) is 18.1 Å². The summed E-state index contributed by atoms with van der Waals surface area (Å²) in [6.07, 6.45) is 13.2. The number of hydrogen-bond acceptors (Lipinski definition) is 2. The van der Waals surface area contributed by atoms with E-state index in [1.165, 1.54) is 63.5 Å². The van der Waals surface area contributed by atoms with Crippen LogP contribution in [0.25, 0.3) is 10.8 Å². The molecule has 0 radical (unpaired) electrons. The highest BCUT2D eigenvalue weighted by atomic mass is 19.2. The average molecular weight is 491 g/mol. The van der Waals surface area contributed by atoms with Crippen molar-refractivity contribution in [3.05, 3.63) is 35.7 Å². The number of halogens is 3. The summed E-state index contributed by atoms with van der Waals surface area (Å²) in [5, 5.41) is -0.111. The maximum absolute atomic E-state index is 14.9. The van der Waals surface area contributed by atoms with Crippen LogP contribution in [0.3, 0.4) is 0 Å². The maximum Gasteiger partial charge on any atom is 0.201 e. The molecule has 0 aromatic heterocycles.